The maximum absolute atomic E-state index is 2.36. The van der Waals surface area contributed by atoms with E-state index in [1.54, 1.807) is 0 Å². The Labute approximate surface area is 96.4 Å². The number of aromatic nitrogens is 1. The first-order valence-corrected chi connectivity index (χ1v) is 5.73. The summed E-state index contributed by atoms with van der Waals surface area (Å²) in [6.45, 7) is 6.70. The highest BCUT2D eigenvalue weighted by Gasteiger charge is 2.42. The lowest BCUT2D eigenvalue weighted by Crippen LogP contribution is -2.50. The number of pyridine rings is 1. The fourth-order valence-electron chi connectivity index (χ4n) is 2.68. The second-order valence-electron chi connectivity index (χ2n) is 5.06. The molecule has 1 aromatic heterocycles. The summed E-state index contributed by atoms with van der Waals surface area (Å²) >= 11 is 0. The molecule has 0 aliphatic carbocycles. The molecule has 16 heavy (non-hydrogen) atoms. The van der Waals surface area contributed by atoms with E-state index < -0.39 is 0 Å². The van der Waals surface area contributed by atoms with Crippen molar-refractivity contribution in [3.8, 4) is 11.3 Å². The van der Waals surface area contributed by atoms with Crippen molar-refractivity contribution < 1.29 is 4.57 Å². The summed E-state index contributed by atoms with van der Waals surface area (Å²) in [4.78, 5) is 0. The van der Waals surface area contributed by atoms with Crippen LogP contribution in [-0.2, 0) is 5.54 Å². The number of aryl methyl sites for hydroxylation is 1. The van der Waals surface area contributed by atoms with Crippen LogP contribution in [0.2, 0.25) is 0 Å². The predicted molar refractivity (Wildman–Crippen MR) is 65.2 cm³/mol. The highest BCUT2D eigenvalue weighted by Crippen LogP contribution is 2.37. The van der Waals surface area contributed by atoms with Gasteiger partial charge in [0.15, 0.2) is 11.7 Å². The summed E-state index contributed by atoms with van der Waals surface area (Å²) in [6, 6.07) is 13.2. The minimum Gasteiger partial charge on any atom is -0.189 e. The van der Waals surface area contributed by atoms with Gasteiger partial charge in [0.05, 0.1) is 5.56 Å². The van der Waals surface area contributed by atoms with E-state index in [9.17, 15) is 0 Å². The Morgan fingerprint density at radius 2 is 1.88 bits per heavy atom. The zero-order valence-electron chi connectivity index (χ0n) is 9.99. The Kier molecular flexibility index (Phi) is 1.76. The standard InChI is InChI=1S/C15H16N/c1-11-7-8-13-12(10-11)14-6-4-5-9-16(14)15(13,2)3/h4-10H,1-3H3/q+1. The fourth-order valence-corrected chi connectivity index (χ4v) is 2.68. The summed E-state index contributed by atoms with van der Waals surface area (Å²) in [5.74, 6) is 0. The van der Waals surface area contributed by atoms with Gasteiger partial charge in [0.2, 0.25) is 5.69 Å². The van der Waals surface area contributed by atoms with Crippen LogP contribution in [0.4, 0.5) is 0 Å². The van der Waals surface area contributed by atoms with Gasteiger partial charge in [-0.3, -0.25) is 0 Å². The number of fused-ring (bicyclic) bond motifs is 3. The van der Waals surface area contributed by atoms with Gasteiger partial charge in [-0.15, -0.1) is 0 Å². The van der Waals surface area contributed by atoms with Crippen molar-refractivity contribution in [3.63, 3.8) is 0 Å². The number of hydrogen-bond donors (Lipinski definition) is 0. The van der Waals surface area contributed by atoms with Gasteiger partial charge in [0.1, 0.15) is 0 Å². The summed E-state index contributed by atoms with van der Waals surface area (Å²) in [5, 5.41) is 0. The molecular formula is C15H16N+. The second-order valence-corrected chi connectivity index (χ2v) is 5.06. The molecule has 3 rings (SSSR count). The zero-order valence-corrected chi connectivity index (χ0v) is 9.99. The van der Waals surface area contributed by atoms with Crippen molar-refractivity contribution >= 4 is 0 Å². The summed E-state index contributed by atoms with van der Waals surface area (Å²) < 4.78 is 2.36. The van der Waals surface area contributed by atoms with Gasteiger partial charge in [0.25, 0.3) is 0 Å². The molecule has 1 aliphatic rings. The van der Waals surface area contributed by atoms with Crippen molar-refractivity contribution in [2.24, 2.45) is 0 Å². The van der Waals surface area contributed by atoms with E-state index in [2.05, 4.69) is 67.9 Å². The Bertz CT molecular complexity index is 567. The van der Waals surface area contributed by atoms with E-state index in [0.717, 1.165) is 0 Å². The van der Waals surface area contributed by atoms with Crippen molar-refractivity contribution in [1.82, 2.24) is 0 Å². The summed E-state index contributed by atoms with van der Waals surface area (Å²) in [5.41, 5.74) is 5.52. The average molecular weight is 210 g/mol. The van der Waals surface area contributed by atoms with Crippen LogP contribution in [-0.4, -0.2) is 0 Å². The molecule has 1 heteroatoms. The first-order valence-electron chi connectivity index (χ1n) is 5.73. The molecule has 1 nitrogen and oxygen atoms in total. The number of hydrogen-bond acceptors (Lipinski definition) is 0. The quantitative estimate of drug-likeness (QED) is 0.588. The van der Waals surface area contributed by atoms with Crippen LogP contribution in [0.15, 0.2) is 42.6 Å². The Hall–Kier alpha value is -1.63. The number of benzene rings is 1. The van der Waals surface area contributed by atoms with E-state index in [1.807, 2.05) is 0 Å². The zero-order chi connectivity index (χ0) is 11.3. The van der Waals surface area contributed by atoms with Gasteiger partial charge in [0, 0.05) is 31.5 Å². The molecule has 0 bridgehead atoms. The molecule has 1 aliphatic heterocycles. The SMILES string of the molecule is Cc1ccc2c(c1)-c1cccc[n+]1C2(C)C. The van der Waals surface area contributed by atoms with Crippen LogP contribution in [0.1, 0.15) is 25.0 Å². The molecule has 0 saturated carbocycles. The molecule has 0 atom stereocenters. The van der Waals surface area contributed by atoms with Crippen molar-refractivity contribution in [3.05, 3.63) is 53.7 Å². The predicted octanol–water partition coefficient (Wildman–Crippen LogP) is 3.05. The van der Waals surface area contributed by atoms with E-state index in [1.165, 1.54) is 22.4 Å². The molecule has 1 aromatic carbocycles. The summed E-state index contributed by atoms with van der Waals surface area (Å²) in [6.07, 6.45) is 2.17. The molecule has 0 N–H and O–H groups in total. The topological polar surface area (TPSA) is 3.88 Å². The average Bonchev–Trinajstić information content (AvgIpc) is 2.49. The largest absolute Gasteiger partial charge is 0.213 e. The lowest BCUT2D eigenvalue weighted by Gasteiger charge is -2.14. The highest BCUT2D eigenvalue weighted by molar-refractivity contribution is 5.66. The monoisotopic (exact) mass is 210 g/mol. The molecule has 80 valence electrons. The Balaban J connectivity index is 2.40. The van der Waals surface area contributed by atoms with E-state index in [0.29, 0.717) is 0 Å². The molecule has 2 aromatic rings. The van der Waals surface area contributed by atoms with Gasteiger partial charge in [-0.2, -0.15) is 4.57 Å². The molecule has 0 spiro atoms. The molecule has 0 amide bonds. The second kappa shape index (κ2) is 2.94. The molecule has 0 fully saturated rings. The maximum Gasteiger partial charge on any atom is 0.213 e. The smallest absolute Gasteiger partial charge is 0.189 e. The third-order valence-electron chi connectivity index (χ3n) is 3.57. The van der Waals surface area contributed by atoms with Crippen molar-refractivity contribution in [1.29, 1.82) is 0 Å². The lowest BCUT2D eigenvalue weighted by atomic mass is 9.92. The van der Waals surface area contributed by atoms with Crippen LogP contribution >= 0.6 is 0 Å². The van der Waals surface area contributed by atoms with E-state index >= 15 is 0 Å². The van der Waals surface area contributed by atoms with Crippen LogP contribution in [0.25, 0.3) is 11.3 Å². The lowest BCUT2D eigenvalue weighted by molar-refractivity contribution is -0.731. The molecule has 2 heterocycles. The number of nitrogens with zero attached hydrogens (tertiary/aromatic N) is 1. The van der Waals surface area contributed by atoms with Gasteiger partial charge >= 0.3 is 0 Å². The third kappa shape index (κ3) is 1.09. The maximum atomic E-state index is 2.36. The highest BCUT2D eigenvalue weighted by atomic mass is 15.1. The minimum absolute atomic E-state index is 0.0691. The summed E-state index contributed by atoms with van der Waals surface area (Å²) in [7, 11) is 0. The molecule has 0 radical (unpaired) electrons. The van der Waals surface area contributed by atoms with E-state index in [4.69, 9.17) is 0 Å². The van der Waals surface area contributed by atoms with Gasteiger partial charge in [-0.1, -0.05) is 17.7 Å². The molecule has 0 unspecified atom stereocenters. The molecular weight excluding hydrogens is 194 g/mol. The van der Waals surface area contributed by atoms with Crippen molar-refractivity contribution in [2.45, 2.75) is 26.3 Å². The van der Waals surface area contributed by atoms with Gasteiger partial charge in [-0.25, -0.2) is 0 Å². The first-order chi connectivity index (χ1) is 7.60. The van der Waals surface area contributed by atoms with Crippen LogP contribution in [0, 0.1) is 6.92 Å². The van der Waals surface area contributed by atoms with Gasteiger partial charge < -0.3 is 0 Å². The first kappa shape index (κ1) is 9.59. The third-order valence-corrected chi connectivity index (χ3v) is 3.57. The number of rotatable bonds is 0. The van der Waals surface area contributed by atoms with Crippen LogP contribution in [0.5, 0.6) is 0 Å². The van der Waals surface area contributed by atoms with Crippen LogP contribution < -0.4 is 4.57 Å². The Morgan fingerprint density at radius 1 is 1.06 bits per heavy atom. The Morgan fingerprint density at radius 3 is 2.69 bits per heavy atom. The van der Waals surface area contributed by atoms with Crippen LogP contribution in [0.3, 0.4) is 0 Å². The molecule has 0 saturated heterocycles. The minimum atomic E-state index is 0.0691. The normalized spacial score (nSPS) is 15.7. The van der Waals surface area contributed by atoms with E-state index in [-0.39, 0.29) is 5.54 Å². The fraction of sp³-hybridized carbons (Fsp3) is 0.267. The van der Waals surface area contributed by atoms with Gasteiger partial charge in [-0.05, 0) is 19.1 Å². The van der Waals surface area contributed by atoms with Crippen molar-refractivity contribution in [2.75, 3.05) is 0 Å².